The van der Waals surface area contributed by atoms with E-state index in [9.17, 15) is 5.11 Å². The lowest BCUT2D eigenvalue weighted by atomic mass is 10.2. The molecule has 4 rings (SSSR count). The second kappa shape index (κ2) is 10.8. The van der Waals surface area contributed by atoms with Crippen molar-refractivity contribution in [1.82, 2.24) is 19.5 Å². The number of hydrogen-bond acceptors (Lipinski definition) is 7. The number of nitrogens with one attached hydrogen (secondary N) is 1. The number of fused-ring (bicyclic) bond motifs is 1. The van der Waals surface area contributed by atoms with Crippen LogP contribution < -0.4 is 14.8 Å². The number of aromatic nitrogens is 4. The summed E-state index contributed by atoms with van der Waals surface area (Å²) in [6, 6.07) is 6.03. The molecule has 1 aromatic rings. The van der Waals surface area contributed by atoms with Crippen molar-refractivity contribution in [2.24, 2.45) is 0 Å². The second-order valence-electron chi connectivity index (χ2n) is 8.13. The summed E-state index contributed by atoms with van der Waals surface area (Å²) in [6.45, 7) is 5.07. The summed E-state index contributed by atoms with van der Waals surface area (Å²) in [6.07, 6.45) is 6.56. The summed E-state index contributed by atoms with van der Waals surface area (Å²) in [5.74, 6) is 3.60. The normalized spacial score (nSPS) is 14.9. The molecule has 174 valence electrons. The molecule has 2 aliphatic heterocycles. The van der Waals surface area contributed by atoms with Gasteiger partial charge in [-0.2, -0.15) is 0 Å². The third-order valence-corrected chi connectivity index (χ3v) is 5.51. The molecular weight excluding hydrogens is 430 g/mol. The van der Waals surface area contributed by atoms with Gasteiger partial charge in [0, 0.05) is 13.0 Å². The fraction of sp³-hybridized carbons (Fsp3) is 0.522. The van der Waals surface area contributed by atoms with E-state index in [-0.39, 0.29) is 18.5 Å². The van der Waals surface area contributed by atoms with Crippen molar-refractivity contribution in [2.45, 2.75) is 64.7 Å². The Hall–Kier alpha value is -2.58. The van der Waals surface area contributed by atoms with Gasteiger partial charge in [0.2, 0.25) is 0 Å². The van der Waals surface area contributed by atoms with Gasteiger partial charge in [0.1, 0.15) is 5.82 Å². The zero-order chi connectivity index (χ0) is 21.8. The second-order valence-corrected chi connectivity index (χ2v) is 8.13. The number of hydrogen-bond donors (Lipinski definition) is 2. The standard InChI is InChI=1S/C23H31N5O3.ClH/c1-4-24-22-21-23(27-20(26-21)11-15(2)29)28(14-25-22)13-16-9-10-18(30-3)19(12-16)31-17-7-5-6-8-17;/h9-10,12,14-15,17,24,29H,4-8,11,13H2,1-3H3;1H. The molecule has 1 fully saturated rings. The molecule has 1 unspecified atom stereocenters. The van der Waals surface area contributed by atoms with Crippen LogP contribution in [0.5, 0.6) is 11.5 Å². The average molecular weight is 462 g/mol. The van der Waals surface area contributed by atoms with Gasteiger partial charge in [-0.25, -0.2) is 15.0 Å². The Morgan fingerprint density at radius 2 is 2.00 bits per heavy atom. The van der Waals surface area contributed by atoms with E-state index in [0.717, 1.165) is 48.0 Å². The predicted octanol–water partition coefficient (Wildman–Crippen LogP) is 3.93. The largest absolute Gasteiger partial charge is 0.493 e. The first kappa shape index (κ1) is 24.1. The highest BCUT2D eigenvalue weighted by atomic mass is 35.5. The van der Waals surface area contributed by atoms with Crippen molar-refractivity contribution >= 4 is 18.2 Å². The number of ether oxygens (including phenoxy) is 2. The summed E-state index contributed by atoms with van der Waals surface area (Å²) < 4.78 is 13.7. The van der Waals surface area contributed by atoms with Crippen LogP contribution in [-0.4, -0.2) is 50.5 Å². The van der Waals surface area contributed by atoms with E-state index >= 15 is 0 Å². The molecule has 3 aliphatic rings. The van der Waals surface area contributed by atoms with E-state index in [1.54, 1.807) is 20.4 Å². The van der Waals surface area contributed by atoms with Crippen LogP contribution >= 0.6 is 12.4 Å². The highest BCUT2D eigenvalue weighted by Gasteiger charge is 2.22. The maximum atomic E-state index is 9.76. The van der Waals surface area contributed by atoms with Crippen LogP contribution in [-0.2, 0) is 13.0 Å². The van der Waals surface area contributed by atoms with Crippen molar-refractivity contribution in [1.29, 1.82) is 0 Å². The molecule has 0 saturated heterocycles. The molecule has 0 spiro atoms. The molecule has 32 heavy (non-hydrogen) atoms. The number of nitrogens with zero attached hydrogens (tertiary/aromatic N) is 4. The fourth-order valence-corrected chi connectivity index (χ4v) is 4.04. The molecule has 0 radical (unpaired) electrons. The summed E-state index contributed by atoms with van der Waals surface area (Å²) in [7, 11) is 1.67. The van der Waals surface area contributed by atoms with Crippen LogP contribution in [0.4, 0.5) is 5.82 Å². The van der Waals surface area contributed by atoms with Crippen LogP contribution in [0.25, 0.3) is 11.5 Å². The number of aliphatic hydroxyl groups excluding tert-OH is 1. The van der Waals surface area contributed by atoms with Gasteiger partial charge in [0.15, 0.2) is 28.8 Å². The summed E-state index contributed by atoms with van der Waals surface area (Å²) in [5, 5.41) is 13.0. The highest BCUT2D eigenvalue weighted by Crippen LogP contribution is 2.33. The van der Waals surface area contributed by atoms with Crippen molar-refractivity contribution in [3.05, 3.63) is 35.9 Å². The first-order valence-corrected chi connectivity index (χ1v) is 11.0. The van der Waals surface area contributed by atoms with Crippen molar-refractivity contribution < 1.29 is 14.6 Å². The van der Waals surface area contributed by atoms with Crippen molar-refractivity contribution in [3.63, 3.8) is 0 Å². The van der Waals surface area contributed by atoms with Gasteiger partial charge in [0.25, 0.3) is 0 Å². The van der Waals surface area contributed by atoms with Crippen LogP contribution in [0.1, 0.15) is 50.9 Å². The number of rotatable bonds is 9. The fourth-order valence-electron chi connectivity index (χ4n) is 4.04. The predicted molar refractivity (Wildman–Crippen MR) is 126 cm³/mol. The summed E-state index contributed by atoms with van der Waals surface area (Å²) in [4.78, 5) is 13.9. The molecule has 9 heteroatoms. The molecule has 2 heterocycles. The molecule has 0 aromatic heterocycles. The lowest BCUT2D eigenvalue weighted by Crippen LogP contribution is -2.13. The smallest absolute Gasteiger partial charge is 0.166 e. The van der Waals surface area contributed by atoms with Gasteiger partial charge >= 0.3 is 0 Å². The van der Waals surface area contributed by atoms with Gasteiger partial charge in [-0.15, -0.1) is 12.4 Å². The molecule has 0 amide bonds. The lowest BCUT2D eigenvalue weighted by Gasteiger charge is -2.18. The SMILES string of the molecule is CCNc1ncn(Cc2ccc(OC)c(OC3CCCC3)c2)c2nc(CC(C)O)nc1-2.Cl. The quantitative estimate of drug-likeness (QED) is 0.498. The summed E-state index contributed by atoms with van der Waals surface area (Å²) in [5.41, 5.74) is 1.79. The van der Waals surface area contributed by atoms with Gasteiger partial charge in [-0.1, -0.05) is 6.07 Å². The van der Waals surface area contributed by atoms with E-state index in [2.05, 4.69) is 20.3 Å². The van der Waals surface area contributed by atoms with Crippen LogP contribution in [0.15, 0.2) is 24.5 Å². The number of methoxy groups -OCH3 is 1. The number of anilines is 1. The van der Waals surface area contributed by atoms with Gasteiger partial charge < -0.3 is 24.5 Å². The van der Waals surface area contributed by atoms with Crippen LogP contribution in [0.2, 0.25) is 0 Å². The topological polar surface area (TPSA) is 94.3 Å². The summed E-state index contributed by atoms with van der Waals surface area (Å²) >= 11 is 0. The number of benzene rings is 1. The maximum Gasteiger partial charge on any atom is 0.166 e. The number of aliphatic hydroxyl groups is 1. The zero-order valence-corrected chi connectivity index (χ0v) is 19.7. The Kier molecular flexibility index (Phi) is 8.15. The highest BCUT2D eigenvalue weighted by molar-refractivity contribution is 5.85. The minimum atomic E-state index is -0.502. The zero-order valence-electron chi connectivity index (χ0n) is 18.9. The van der Waals surface area contributed by atoms with E-state index < -0.39 is 6.10 Å². The monoisotopic (exact) mass is 461 g/mol. The number of imidazole rings is 1. The van der Waals surface area contributed by atoms with E-state index in [0.29, 0.717) is 24.6 Å². The first-order chi connectivity index (χ1) is 15.1. The molecule has 1 atom stereocenters. The molecule has 2 N–H and O–H groups in total. The Morgan fingerprint density at radius 1 is 1.22 bits per heavy atom. The minimum Gasteiger partial charge on any atom is -0.493 e. The van der Waals surface area contributed by atoms with E-state index in [1.165, 1.54) is 12.8 Å². The van der Waals surface area contributed by atoms with Crippen LogP contribution in [0.3, 0.4) is 0 Å². The number of halogens is 1. The van der Waals surface area contributed by atoms with Gasteiger partial charge in [-0.05, 0) is 57.2 Å². The Labute approximate surface area is 195 Å². The first-order valence-electron chi connectivity index (χ1n) is 11.0. The average Bonchev–Trinajstić information content (AvgIpc) is 3.40. The van der Waals surface area contributed by atoms with Crippen LogP contribution in [0, 0.1) is 0 Å². The molecule has 1 saturated carbocycles. The molecule has 1 aromatic carbocycles. The van der Waals surface area contributed by atoms with Gasteiger partial charge in [-0.3, -0.25) is 0 Å². The van der Waals surface area contributed by atoms with E-state index in [4.69, 9.17) is 9.47 Å². The van der Waals surface area contributed by atoms with Crippen molar-refractivity contribution in [2.75, 3.05) is 19.0 Å². The third kappa shape index (κ3) is 5.42. The lowest BCUT2D eigenvalue weighted by molar-refractivity contribution is 0.193. The Balaban J connectivity index is 0.00000289. The third-order valence-electron chi connectivity index (χ3n) is 5.51. The Bertz CT molecular complexity index is 988. The minimum absolute atomic E-state index is 0. The molecule has 0 bridgehead atoms. The molecule has 1 aliphatic carbocycles. The molecule has 8 nitrogen and oxygen atoms in total. The maximum absolute atomic E-state index is 9.76. The molecular formula is C23H32ClN5O3. The van der Waals surface area contributed by atoms with Crippen molar-refractivity contribution in [3.8, 4) is 23.0 Å². The Morgan fingerprint density at radius 3 is 2.69 bits per heavy atom. The van der Waals surface area contributed by atoms with Gasteiger partial charge in [0.05, 0.1) is 32.2 Å². The van der Waals surface area contributed by atoms with E-state index in [1.807, 2.05) is 29.7 Å².